The van der Waals surface area contributed by atoms with Gasteiger partial charge in [-0.2, -0.15) is 10.4 Å². The number of hydrogen-bond donors (Lipinski definition) is 2. The molecule has 0 fully saturated rings. The van der Waals surface area contributed by atoms with Crippen molar-refractivity contribution in [3.8, 4) is 28.8 Å². The minimum Gasteiger partial charge on any atom is -0.490 e. The number of unbranched alkanes of at least 4 members (excludes halogenated alkanes) is 10. The monoisotopic (exact) mass is 571 g/mol. The largest absolute Gasteiger partial charge is 0.490 e. The molecule has 0 unspecified atom stereocenters. The summed E-state index contributed by atoms with van der Waals surface area (Å²) in [5.41, 5.74) is 4.01. The van der Waals surface area contributed by atoms with E-state index in [0.29, 0.717) is 30.2 Å². The van der Waals surface area contributed by atoms with Crippen LogP contribution in [0.4, 0.5) is 5.95 Å². The van der Waals surface area contributed by atoms with Gasteiger partial charge in [0.1, 0.15) is 11.6 Å². The van der Waals surface area contributed by atoms with Crippen molar-refractivity contribution < 1.29 is 9.47 Å². The molecular weight excluding hydrogens is 526 g/mol. The van der Waals surface area contributed by atoms with Gasteiger partial charge in [0.15, 0.2) is 11.5 Å². The highest BCUT2D eigenvalue weighted by molar-refractivity contribution is 5.81. The molecule has 3 aromatic rings. The number of benzene rings is 2. The van der Waals surface area contributed by atoms with Crippen molar-refractivity contribution in [2.24, 2.45) is 5.10 Å². The van der Waals surface area contributed by atoms with Crippen LogP contribution < -0.4 is 20.5 Å². The zero-order chi connectivity index (χ0) is 29.8. The van der Waals surface area contributed by atoms with Gasteiger partial charge in [-0.1, -0.05) is 108 Å². The van der Waals surface area contributed by atoms with E-state index in [-0.39, 0.29) is 11.5 Å². The standard InChI is InChI=1S/C34H45N5O3/c1-3-5-7-9-11-16-22-41-30-21-20-27(24-31(30)42-23-17-12-10-8-6-4-2)26-36-39-34-37-32(28-18-14-13-15-19-28)29(25-35)33(40)38-34/h13-15,18-21,24,26H,3-12,16-17,22-23H2,1-2H3,(H2,37,38,39,40). The molecule has 0 aliphatic rings. The van der Waals surface area contributed by atoms with Crippen LogP contribution in [0.5, 0.6) is 11.5 Å². The van der Waals surface area contributed by atoms with Crippen LogP contribution in [0.2, 0.25) is 0 Å². The SMILES string of the molecule is CCCCCCCCOc1ccc(C=NNc2nc(-c3ccccc3)c(C#N)c(=O)[nH]2)cc1OCCCCCCCC. The topological polar surface area (TPSA) is 112 Å². The van der Waals surface area contributed by atoms with E-state index in [1.54, 1.807) is 18.3 Å². The molecular formula is C34H45N5O3. The zero-order valence-corrected chi connectivity index (χ0v) is 25.2. The van der Waals surface area contributed by atoms with Gasteiger partial charge in [-0.3, -0.25) is 9.78 Å². The molecule has 0 bridgehead atoms. The summed E-state index contributed by atoms with van der Waals surface area (Å²) < 4.78 is 12.3. The Kier molecular flexibility index (Phi) is 14.7. The summed E-state index contributed by atoms with van der Waals surface area (Å²) >= 11 is 0. The fraction of sp³-hybridized carbons (Fsp3) is 0.471. The first-order valence-electron chi connectivity index (χ1n) is 15.4. The van der Waals surface area contributed by atoms with E-state index in [9.17, 15) is 10.1 Å². The van der Waals surface area contributed by atoms with Gasteiger partial charge in [0.25, 0.3) is 5.56 Å². The summed E-state index contributed by atoms with van der Waals surface area (Å²) in [6.45, 7) is 5.75. The van der Waals surface area contributed by atoms with Crippen molar-refractivity contribution >= 4 is 12.2 Å². The fourth-order valence-electron chi connectivity index (χ4n) is 4.57. The number of anilines is 1. The predicted octanol–water partition coefficient (Wildman–Crippen LogP) is 8.23. The van der Waals surface area contributed by atoms with E-state index in [1.807, 2.05) is 42.5 Å². The number of rotatable bonds is 20. The third kappa shape index (κ3) is 11.0. The maximum absolute atomic E-state index is 12.5. The molecule has 0 aliphatic carbocycles. The lowest BCUT2D eigenvalue weighted by atomic mass is 10.1. The van der Waals surface area contributed by atoms with Crippen molar-refractivity contribution in [2.45, 2.75) is 90.9 Å². The summed E-state index contributed by atoms with van der Waals surface area (Å²) in [6.07, 6.45) is 16.1. The van der Waals surface area contributed by atoms with Crippen LogP contribution in [0.3, 0.4) is 0 Å². The van der Waals surface area contributed by atoms with Crippen molar-refractivity contribution in [3.63, 3.8) is 0 Å². The van der Waals surface area contributed by atoms with Crippen LogP contribution in [0, 0.1) is 11.3 Å². The Morgan fingerprint density at radius 1 is 0.857 bits per heavy atom. The lowest BCUT2D eigenvalue weighted by Gasteiger charge is -2.14. The number of nitrogens with one attached hydrogen (secondary N) is 2. The second kappa shape index (κ2) is 19.1. The molecule has 42 heavy (non-hydrogen) atoms. The van der Waals surface area contributed by atoms with Crippen molar-refractivity contribution in [3.05, 3.63) is 70.0 Å². The maximum Gasteiger partial charge on any atom is 0.270 e. The average Bonchev–Trinajstić information content (AvgIpc) is 3.01. The van der Waals surface area contributed by atoms with Crippen molar-refractivity contribution in [1.82, 2.24) is 9.97 Å². The molecule has 8 nitrogen and oxygen atoms in total. The van der Waals surface area contributed by atoms with Crippen LogP contribution >= 0.6 is 0 Å². The van der Waals surface area contributed by atoms with E-state index in [2.05, 4.69) is 34.3 Å². The fourth-order valence-corrected chi connectivity index (χ4v) is 4.57. The number of aromatic amines is 1. The highest BCUT2D eigenvalue weighted by Gasteiger charge is 2.13. The van der Waals surface area contributed by atoms with Crippen LogP contribution in [-0.4, -0.2) is 29.4 Å². The molecule has 1 aromatic heterocycles. The summed E-state index contributed by atoms with van der Waals surface area (Å²) in [6, 6.07) is 16.8. The number of aromatic nitrogens is 2. The van der Waals surface area contributed by atoms with Gasteiger partial charge >= 0.3 is 0 Å². The molecule has 0 saturated carbocycles. The Labute approximate surface area is 250 Å². The number of H-pyrrole nitrogens is 1. The number of hydrazone groups is 1. The summed E-state index contributed by atoms with van der Waals surface area (Å²) in [5, 5.41) is 13.8. The van der Waals surface area contributed by atoms with Gasteiger partial charge in [0.2, 0.25) is 5.95 Å². The van der Waals surface area contributed by atoms with Crippen LogP contribution in [-0.2, 0) is 0 Å². The Morgan fingerprint density at radius 2 is 1.48 bits per heavy atom. The Hall–Kier alpha value is -4.12. The molecule has 0 aliphatic heterocycles. The number of nitrogens with zero attached hydrogens (tertiary/aromatic N) is 3. The highest BCUT2D eigenvalue weighted by atomic mass is 16.5. The quantitative estimate of drug-likeness (QED) is 0.0802. The van der Waals surface area contributed by atoms with Gasteiger partial charge in [-0.15, -0.1) is 0 Å². The Balaban J connectivity index is 1.66. The Morgan fingerprint density at radius 3 is 2.12 bits per heavy atom. The van der Waals surface area contributed by atoms with Crippen molar-refractivity contribution in [2.75, 3.05) is 18.6 Å². The summed E-state index contributed by atoms with van der Waals surface area (Å²) in [4.78, 5) is 19.5. The molecule has 1 heterocycles. The minimum atomic E-state index is -0.527. The number of nitriles is 1. The second-order valence-electron chi connectivity index (χ2n) is 10.4. The molecule has 0 saturated heterocycles. The van der Waals surface area contributed by atoms with E-state index in [1.165, 1.54) is 57.8 Å². The molecule has 0 amide bonds. The Bertz CT molecular complexity index is 1330. The number of hydrogen-bond acceptors (Lipinski definition) is 7. The van der Waals surface area contributed by atoms with Gasteiger partial charge < -0.3 is 9.47 Å². The smallest absolute Gasteiger partial charge is 0.270 e. The summed E-state index contributed by atoms with van der Waals surface area (Å²) in [5.74, 6) is 1.59. The third-order valence-corrected chi connectivity index (χ3v) is 6.94. The van der Waals surface area contributed by atoms with E-state index in [4.69, 9.17) is 9.47 Å². The van der Waals surface area contributed by atoms with Gasteiger partial charge in [0.05, 0.1) is 25.1 Å². The molecule has 8 heteroatoms. The first-order chi connectivity index (χ1) is 20.7. The zero-order valence-electron chi connectivity index (χ0n) is 25.2. The normalized spacial score (nSPS) is 11.0. The third-order valence-electron chi connectivity index (χ3n) is 6.94. The summed E-state index contributed by atoms with van der Waals surface area (Å²) in [7, 11) is 0. The van der Waals surface area contributed by atoms with Crippen LogP contribution in [0.1, 0.15) is 102 Å². The average molecular weight is 572 g/mol. The molecule has 2 N–H and O–H groups in total. The van der Waals surface area contributed by atoms with E-state index < -0.39 is 5.56 Å². The van der Waals surface area contributed by atoms with E-state index >= 15 is 0 Å². The predicted molar refractivity (Wildman–Crippen MR) is 170 cm³/mol. The number of ether oxygens (including phenoxy) is 2. The van der Waals surface area contributed by atoms with Crippen LogP contribution in [0.25, 0.3) is 11.3 Å². The van der Waals surface area contributed by atoms with Gasteiger partial charge in [0, 0.05) is 5.56 Å². The first kappa shape index (κ1) is 32.4. The lowest BCUT2D eigenvalue weighted by Crippen LogP contribution is -2.16. The molecule has 2 aromatic carbocycles. The highest BCUT2D eigenvalue weighted by Crippen LogP contribution is 2.29. The minimum absolute atomic E-state index is 0.0422. The van der Waals surface area contributed by atoms with Gasteiger partial charge in [-0.05, 0) is 36.6 Å². The van der Waals surface area contributed by atoms with Gasteiger partial charge in [-0.25, -0.2) is 10.4 Å². The second-order valence-corrected chi connectivity index (χ2v) is 10.4. The maximum atomic E-state index is 12.5. The first-order valence-corrected chi connectivity index (χ1v) is 15.4. The molecule has 0 radical (unpaired) electrons. The molecule has 3 rings (SSSR count). The van der Waals surface area contributed by atoms with Crippen molar-refractivity contribution in [1.29, 1.82) is 5.26 Å². The molecule has 224 valence electrons. The molecule has 0 spiro atoms. The molecule has 0 atom stereocenters. The van der Waals surface area contributed by atoms with E-state index in [0.717, 1.165) is 30.6 Å². The van der Waals surface area contributed by atoms with Crippen LogP contribution in [0.15, 0.2) is 58.4 Å². The lowest BCUT2D eigenvalue weighted by molar-refractivity contribution is 0.258.